The first-order valence-corrected chi connectivity index (χ1v) is 8.67. The first-order chi connectivity index (χ1) is 12.8. The Morgan fingerprint density at radius 2 is 2.04 bits per heavy atom. The second kappa shape index (κ2) is 6.48. The average molecular weight is 378 g/mol. The Morgan fingerprint density at radius 1 is 1.22 bits per heavy atom. The first kappa shape index (κ1) is 17.7. The van der Waals surface area contributed by atoms with E-state index in [2.05, 4.69) is 0 Å². The molecule has 4 nitrogen and oxygen atoms in total. The van der Waals surface area contributed by atoms with Crippen molar-refractivity contribution < 1.29 is 32.5 Å². The van der Waals surface area contributed by atoms with Gasteiger partial charge in [0.05, 0.1) is 18.6 Å². The molecular weight excluding hydrogens is 361 g/mol. The molecule has 0 spiro atoms. The maximum absolute atomic E-state index is 13.2. The van der Waals surface area contributed by atoms with Gasteiger partial charge in [-0.05, 0) is 36.1 Å². The zero-order valence-corrected chi connectivity index (χ0v) is 14.3. The molecule has 2 unspecified atom stereocenters. The fourth-order valence-electron chi connectivity index (χ4n) is 3.88. The number of benzene rings is 2. The highest BCUT2D eigenvalue weighted by Crippen LogP contribution is 2.43. The van der Waals surface area contributed by atoms with Gasteiger partial charge in [0, 0.05) is 17.5 Å². The fourth-order valence-corrected chi connectivity index (χ4v) is 3.88. The van der Waals surface area contributed by atoms with Crippen molar-refractivity contribution in [3.05, 3.63) is 58.7 Å². The van der Waals surface area contributed by atoms with Crippen molar-refractivity contribution in [1.82, 2.24) is 0 Å². The summed E-state index contributed by atoms with van der Waals surface area (Å²) in [6.45, 7) is 0.298. The minimum absolute atomic E-state index is 0.0105. The van der Waals surface area contributed by atoms with Crippen LogP contribution in [-0.2, 0) is 17.4 Å². The molecular formula is C20H17F3O4. The van der Waals surface area contributed by atoms with E-state index in [4.69, 9.17) is 14.6 Å². The minimum Gasteiger partial charge on any atom is -0.492 e. The van der Waals surface area contributed by atoms with Crippen molar-refractivity contribution >= 4 is 5.97 Å². The molecule has 1 aliphatic heterocycles. The fraction of sp³-hybridized carbons (Fsp3) is 0.350. The molecule has 1 aliphatic carbocycles. The molecule has 7 heteroatoms. The van der Waals surface area contributed by atoms with Crippen molar-refractivity contribution in [2.45, 2.75) is 37.5 Å². The Morgan fingerprint density at radius 3 is 2.78 bits per heavy atom. The average Bonchev–Trinajstić information content (AvgIpc) is 3.18. The molecule has 0 aromatic heterocycles. The molecule has 0 radical (unpaired) electrons. The van der Waals surface area contributed by atoms with Crippen LogP contribution in [0.25, 0.3) is 0 Å². The van der Waals surface area contributed by atoms with Crippen LogP contribution in [0.1, 0.15) is 47.1 Å². The van der Waals surface area contributed by atoms with Gasteiger partial charge in [0.2, 0.25) is 0 Å². The zero-order chi connectivity index (χ0) is 19.2. The van der Waals surface area contributed by atoms with E-state index in [-0.39, 0.29) is 12.3 Å². The number of ether oxygens (including phenoxy) is 2. The van der Waals surface area contributed by atoms with Crippen LogP contribution in [0.4, 0.5) is 13.2 Å². The molecule has 1 heterocycles. The summed E-state index contributed by atoms with van der Waals surface area (Å²) in [5, 5.41) is 8.96. The summed E-state index contributed by atoms with van der Waals surface area (Å²) in [7, 11) is 0. The molecule has 2 aliphatic rings. The normalized spacial score (nSPS) is 20.7. The summed E-state index contributed by atoms with van der Waals surface area (Å²) in [6, 6.07) is 9.36. The predicted molar refractivity (Wildman–Crippen MR) is 90.1 cm³/mol. The van der Waals surface area contributed by atoms with E-state index in [9.17, 15) is 18.0 Å². The van der Waals surface area contributed by atoms with Gasteiger partial charge in [0.1, 0.15) is 17.6 Å². The van der Waals surface area contributed by atoms with E-state index in [1.165, 1.54) is 6.07 Å². The van der Waals surface area contributed by atoms with Gasteiger partial charge < -0.3 is 14.6 Å². The van der Waals surface area contributed by atoms with Crippen molar-refractivity contribution in [3.8, 4) is 11.5 Å². The molecule has 0 saturated carbocycles. The summed E-state index contributed by atoms with van der Waals surface area (Å²) >= 11 is 0. The van der Waals surface area contributed by atoms with E-state index in [1.54, 1.807) is 24.3 Å². The molecule has 2 atom stereocenters. The van der Waals surface area contributed by atoms with Gasteiger partial charge in [-0.2, -0.15) is 13.2 Å². The molecule has 2 aromatic carbocycles. The smallest absolute Gasteiger partial charge is 0.416 e. The lowest BCUT2D eigenvalue weighted by atomic mass is 9.98. The van der Waals surface area contributed by atoms with Crippen LogP contribution in [0.15, 0.2) is 36.4 Å². The Balaban J connectivity index is 1.55. The summed E-state index contributed by atoms with van der Waals surface area (Å²) in [6.07, 6.45) is -4.04. The van der Waals surface area contributed by atoms with Crippen LogP contribution in [0.5, 0.6) is 11.5 Å². The Bertz CT molecular complexity index is 891. The third-order valence-electron chi connectivity index (χ3n) is 5.09. The number of alkyl halides is 3. The van der Waals surface area contributed by atoms with E-state index < -0.39 is 23.8 Å². The van der Waals surface area contributed by atoms with Gasteiger partial charge in [-0.25, -0.2) is 0 Å². The van der Waals surface area contributed by atoms with Crippen LogP contribution in [0.3, 0.4) is 0 Å². The SMILES string of the molecule is O=C(O)CC1COc2cc(OC3CCc4c3cccc4C(F)(F)F)ccc21. The van der Waals surface area contributed by atoms with Gasteiger partial charge in [0.15, 0.2) is 0 Å². The van der Waals surface area contributed by atoms with Crippen LogP contribution in [0, 0.1) is 0 Å². The molecule has 1 N–H and O–H groups in total. The largest absolute Gasteiger partial charge is 0.492 e. The lowest BCUT2D eigenvalue weighted by molar-refractivity contribution is -0.138. The van der Waals surface area contributed by atoms with Crippen molar-refractivity contribution in [3.63, 3.8) is 0 Å². The Kier molecular flexibility index (Phi) is 4.25. The standard InChI is InChI=1S/C20H17F3O4/c21-20(22,23)16-3-1-2-15-14(16)6-7-17(15)27-12-4-5-13-11(8-19(24)25)10-26-18(13)9-12/h1-5,9,11,17H,6-8,10H2,(H,24,25). The quantitative estimate of drug-likeness (QED) is 0.836. The maximum atomic E-state index is 13.2. The highest BCUT2D eigenvalue weighted by molar-refractivity contribution is 5.68. The second-order valence-corrected chi connectivity index (χ2v) is 6.82. The summed E-state index contributed by atoms with van der Waals surface area (Å²) in [5.41, 5.74) is 1.08. The van der Waals surface area contributed by atoms with Gasteiger partial charge in [-0.15, -0.1) is 0 Å². The number of hydrogen-bond acceptors (Lipinski definition) is 3. The highest BCUT2D eigenvalue weighted by atomic mass is 19.4. The Hall–Kier alpha value is -2.70. The van der Waals surface area contributed by atoms with Crippen LogP contribution in [-0.4, -0.2) is 17.7 Å². The number of carbonyl (C=O) groups is 1. The number of carboxylic acid groups (broad SMARTS) is 1. The van der Waals surface area contributed by atoms with Gasteiger partial charge >= 0.3 is 12.1 Å². The van der Waals surface area contributed by atoms with Crippen LogP contribution >= 0.6 is 0 Å². The summed E-state index contributed by atoms with van der Waals surface area (Å²) < 4.78 is 51.0. The molecule has 0 bridgehead atoms. The van der Waals surface area contributed by atoms with Crippen molar-refractivity contribution in [2.24, 2.45) is 0 Å². The molecule has 0 fully saturated rings. The van der Waals surface area contributed by atoms with E-state index in [0.717, 1.165) is 11.6 Å². The molecule has 0 amide bonds. The molecule has 27 heavy (non-hydrogen) atoms. The molecule has 2 aromatic rings. The van der Waals surface area contributed by atoms with Crippen LogP contribution < -0.4 is 9.47 Å². The molecule has 4 rings (SSSR count). The lowest BCUT2D eigenvalue weighted by Gasteiger charge is -2.17. The van der Waals surface area contributed by atoms with E-state index in [0.29, 0.717) is 42.1 Å². The van der Waals surface area contributed by atoms with Gasteiger partial charge in [-0.1, -0.05) is 18.2 Å². The number of aliphatic carboxylic acids is 1. The molecule has 0 saturated heterocycles. The first-order valence-electron chi connectivity index (χ1n) is 8.67. The number of hydrogen-bond donors (Lipinski definition) is 1. The van der Waals surface area contributed by atoms with Crippen molar-refractivity contribution in [1.29, 1.82) is 0 Å². The van der Waals surface area contributed by atoms with E-state index in [1.807, 2.05) is 0 Å². The number of carboxylic acids is 1. The van der Waals surface area contributed by atoms with Gasteiger partial charge in [0.25, 0.3) is 0 Å². The minimum atomic E-state index is -4.37. The van der Waals surface area contributed by atoms with Crippen molar-refractivity contribution in [2.75, 3.05) is 6.61 Å². The number of fused-ring (bicyclic) bond motifs is 2. The zero-order valence-electron chi connectivity index (χ0n) is 14.3. The van der Waals surface area contributed by atoms with E-state index >= 15 is 0 Å². The third kappa shape index (κ3) is 3.34. The monoisotopic (exact) mass is 378 g/mol. The second-order valence-electron chi connectivity index (χ2n) is 6.82. The lowest BCUT2D eigenvalue weighted by Crippen LogP contribution is -2.09. The topological polar surface area (TPSA) is 55.8 Å². The summed E-state index contributed by atoms with van der Waals surface area (Å²) in [5.74, 6) is -0.0195. The highest BCUT2D eigenvalue weighted by Gasteiger charge is 2.38. The third-order valence-corrected chi connectivity index (χ3v) is 5.09. The Labute approximate surface area is 153 Å². The molecule has 142 valence electrons. The maximum Gasteiger partial charge on any atom is 0.416 e. The predicted octanol–water partition coefficient (Wildman–Crippen LogP) is 4.72. The van der Waals surface area contributed by atoms with Gasteiger partial charge in [-0.3, -0.25) is 4.79 Å². The number of rotatable bonds is 4. The van der Waals surface area contributed by atoms with Crippen LogP contribution in [0.2, 0.25) is 0 Å². The summed E-state index contributed by atoms with van der Waals surface area (Å²) in [4.78, 5) is 10.9. The number of halogens is 3.